The number of hydrogen-bond donors (Lipinski definition) is 2. The minimum Gasteiger partial charge on any atom is -0.497 e. The first kappa shape index (κ1) is 15.8. The Bertz CT molecular complexity index is 616. The second-order valence-electron chi connectivity index (χ2n) is 4.12. The highest BCUT2D eigenvalue weighted by Gasteiger charge is 2.29. The first-order chi connectivity index (χ1) is 9.02. The lowest BCUT2D eigenvalue weighted by atomic mass is 9.96. The predicted octanol–water partition coefficient (Wildman–Crippen LogP) is 3.44. The number of methoxy groups -OCH3 is 1. The first-order valence-corrected chi connectivity index (χ1v) is 5.61. The van der Waals surface area contributed by atoms with E-state index in [2.05, 4.69) is 0 Å². The topological polar surface area (TPSA) is 81.5 Å². The summed E-state index contributed by atoms with van der Waals surface area (Å²) < 4.78 is 30.6. The summed E-state index contributed by atoms with van der Waals surface area (Å²) in [6.07, 6.45) is -2.94. The average Bonchev–Trinajstić information content (AvgIpc) is 2.37. The molecule has 0 spiro atoms. The Balaban J connectivity index is 0.00000200. The van der Waals surface area contributed by atoms with E-state index in [1.807, 2.05) is 0 Å². The van der Waals surface area contributed by atoms with E-state index < -0.39 is 18.3 Å². The predicted molar refractivity (Wildman–Crippen MR) is 71.9 cm³/mol. The summed E-state index contributed by atoms with van der Waals surface area (Å²) in [5.74, 6) is -2.67. The highest BCUT2D eigenvalue weighted by molar-refractivity contribution is 5.86. The van der Waals surface area contributed by atoms with Crippen LogP contribution in [0.4, 0.5) is 8.78 Å². The number of ether oxygens (including phenoxy) is 1. The molecule has 0 saturated heterocycles. The quantitative estimate of drug-likeness (QED) is 0.900. The monoisotopic (exact) mass is 283 g/mol. The highest BCUT2D eigenvalue weighted by Crippen LogP contribution is 2.28. The fourth-order valence-corrected chi connectivity index (χ4v) is 1.96. The smallest absolute Gasteiger partial charge is 0.316 e. The Morgan fingerprint density at radius 3 is 2.30 bits per heavy atom. The summed E-state index contributed by atoms with van der Waals surface area (Å²) in [7, 11) is 1.53. The van der Waals surface area contributed by atoms with Crippen molar-refractivity contribution in [2.45, 2.75) is 12.3 Å². The molecule has 2 rings (SSSR count). The van der Waals surface area contributed by atoms with Crippen molar-refractivity contribution in [1.29, 1.82) is 0 Å². The van der Waals surface area contributed by atoms with Gasteiger partial charge in [0.2, 0.25) is 0 Å². The standard InChI is InChI=1S/C14H12F2O3.H3N/c1-19-11-5-4-8-6-10(3-2-9(8)7-11)12(13(15)16)14(17)18;/h2-7,12-13H,1H3,(H,17,18);1H3. The summed E-state index contributed by atoms with van der Waals surface area (Å²) in [5.41, 5.74) is 0.0974. The van der Waals surface area contributed by atoms with Crippen LogP contribution in [0, 0.1) is 0 Å². The van der Waals surface area contributed by atoms with Crippen LogP contribution < -0.4 is 10.9 Å². The third-order valence-electron chi connectivity index (χ3n) is 2.95. The molecule has 2 aromatic carbocycles. The van der Waals surface area contributed by atoms with E-state index in [-0.39, 0.29) is 11.7 Å². The lowest BCUT2D eigenvalue weighted by Gasteiger charge is -2.12. The van der Waals surface area contributed by atoms with Gasteiger partial charge in [0.1, 0.15) is 11.7 Å². The molecule has 6 heteroatoms. The molecule has 20 heavy (non-hydrogen) atoms. The number of aliphatic carboxylic acids is 1. The number of benzene rings is 2. The minimum atomic E-state index is -2.94. The lowest BCUT2D eigenvalue weighted by molar-refractivity contribution is -0.142. The van der Waals surface area contributed by atoms with E-state index in [0.717, 1.165) is 5.39 Å². The van der Waals surface area contributed by atoms with Gasteiger partial charge in [0.05, 0.1) is 7.11 Å². The molecule has 4 N–H and O–H groups in total. The van der Waals surface area contributed by atoms with Crippen molar-refractivity contribution >= 4 is 16.7 Å². The number of alkyl halides is 2. The molecule has 0 aliphatic heterocycles. The molecule has 0 amide bonds. The van der Waals surface area contributed by atoms with Crippen molar-refractivity contribution in [2.75, 3.05) is 7.11 Å². The zero-order valence-electron chi connectivity index (χ0n) is 10.8. The van der Waals surface area contributed by atoms with Gasteiger partial charge in [-0.05, 0) is 28.5 Å². The van der Waals surface area contributed by atoms with E-state index in [0.29, 0.717) is 11.1 Å². The Morgan fingerprint density at radius 2 is 1.75 bits per heavy atom. The molecule has 2 aromatic rings. The van der Waals surface area contributed by atoms with Crippen LogP contribution in [0.3, 0.4) is 0 Å². The van der Waals surface area contributed by atoms with Crippen LogP contribution in [0.15, 0.2) is 36.4 Å². The minimum absolute atomic E-state index is 0. The molecular formula is C14H15F2NO3. The number of carbonyl (C=O) groups is 1. The van der Waals surface area contributed by atoms with E-state index in [1.165, 1.54) is 19.2 Å². The Morgan fingerprint density at radius 1 is 1.15 bits per heavy atom. The zero-order valence-corrected chi connectivity index (χ0v) is 10.8. The average molecular weight is 283 g/mol. The Kier molecular flexibility index (Phi) is 4.99. The maximum Gasteiger partial charge on any atom is 0.316 e. The molecule has 4 nitrogen and oxygen atoms in total. The number of rotatable bonds is 4. The second kappa shape index (κ2) is 6.29. The van der Waals surface area contributed by atoms with Crippen molar-refractivity contribution in [2.24, 2.45) is 0 Å². The summed E-state index contributed by atoms with van der Waals surface area (Å²) in [6.45, 7) is 0. The molecule has 0 saturated carbocycles. The van der Waals surface area contributed by atoms with Gasteiger partial charge in [0.25, 0.3) is 6.43 Å². The zero-order chi connectivity index (χ0) is 14.0. The van der Waals surface area contributed by atoms with Crippen LogP contribution >= 0.6 is 0 Å². The Labute approximate surface area is 114 Å². The normalized spacial score (nSPS) is 12.0. The third kappa shape index (κ3) is 3.03. The number of carboxylic acid groups (broad SMARTS) is 1. The van der Waals surface area contributed by atoms with Gasteiger partial charge in [-0.25, -0.2) is 8.78 Å². The fourth-order valence-electron chi connectivity index (χ4n) is 1.96. The fraction of sp³-hybridized carbons (Fsp3) is 0.214. The van der Waals surface area contributed by atoms with Crippen LogP contribution in [0.5, 0.6) is 5.75 Å². The van der Waals surface area contributed by atoms with Gasteiger partial charge in [-0.3, -0.25) is 4.79 Å². The summed E-state index contributed by atoms with van der Waals surface area (Å²) in [5, 5.41) is 10.4. The number of hydrogen-bond acceptors (Lipinski definition) is 3. The number of fused-ring (bicyclic) bond motifs is 1. The molecule has 0 aromatic heterocycles. The highest BCUT2D eigenvalue weighted by atomic mass is 19.3. The van der Waals surface area contributed by atoms with E-state index in [1.54, 1.807) is 24.3 Å². The van der Waals surface area contributed by atoms with Crippen LogP contribution in [0.1, 0.15) is 11.5 Å². The first-order valence-electron chi connectivity index (χ1n) is 5.61. The van der Waals surface area contributed by atoms with Crippen molar-refractivity contribution in [3.05, 3.63) is 42.0 Å². The molecule has 0 radical (unpaired) electrons. The molecular weight excluding hydrogens is 268 g/mol. The summed E-state index contributed by atoms with van der Waals surface area (Å²) in [6, 6.07) is 9.67. The number of halogens is 2. The molecule has 108 valence electrons. The number of carboxylic acids is 1. The third-order valence-corrected chi connectivity index (χ3v) is 2.95. The Hall–Kier alpha value is -2.21. The van der Waals surface area contributed by atoms with Crippen molar-refractivity contribution in [3.8, 4) is 5.75 Å². The van der Waals surface area contributed by atoms with Crippen LogP contribution in [-0.4, -0.2) is 24.6 Å². The SMILES string of the molecule is COc1ccc2cc(C(C(=O)O)C(F)F)ccc2c1.N. The van der Waals surface area contributed by atoms with Crippen LogP contribution in [0.2, 0.25) is 0 Å². The molecule has 0 aliphatic rings. The van der Waals surface area contributed by atoms with E-state index >= 15 is 0 Å². The van der Waals surface area contributed by atoms with Crippen molar-refractivity contribution in [3.63, 3.8) is 0 Å². The van der Waals surface area contributed by atoms with Gasteiger partial charge >= 0.3 is 5.97 Å². The van der Waals surface area contributed by atoms with Gasteiger partial charge < -0.3 is 16.0 Å². The second-order valence-corrected chi connectivity index (χ2v) is 4.12. The molecule has 0 fully saturated rings. The van der Waals surface area contributed by atoms with Gasteiger partial charge in [0, 0.05) is 0 Å². The van der Waals surface area contributed by atoms with Gasteiger partial charge in [-0.15, -0.1) is 0 Å². The largest absolute Gasteiger partial charge is 0.497 e. The summed E-state index contributed by atoms with van der Waals surface area (Å²) >= 11 is 0. The maximum atomic E-state index is 12.8. The van der Waals surface area contributed by atoms with Crippen molar-refractivity contribution < 1.29 is 23.4 Å². The maximum absolute atomic E-state index is 12.8. The van der Waals surface area contributed by atoms with E-state index in [9.17, 15) is 13.6 Å². The van der Waals surface area contributed by atoms with Crippen molar-refractivity contribution in [1.82, 2.24) is 6.15 Å². The molecule has 1 unspecified atom stereocenters. The molecule has 1 atom stereocenters. The van der Waals surface area contributed by atoms with Crippen LogP contribution in [0.25, 0.3) is 10.8 Å². The van der Waals surface area contributed by atoms with Gasteiger partial charge in [0.15, 0.2) is 0 Å². The molecule has 0 bridgehead atoms. The van der Waals surface area contributed by atoms with Crippen LogP contribution in [-0.2, 0) is 4.79 Å². The summed E-state index contributed by atoms with van der Waals surface area (Å²) in [4.78, 5) is 10.9. The molecule has 0 heterocycles. The van der Waals surface area contributed by atoms with E-state index in [4.69, 9.17) is 9.84 Å². The van der Waals surface area contributed by atoms with Gasteiger partial charge in [-0.1, -0.05) is 24.3 Å². The lowest BCUT2D eigenvalue weighted by Crippen LogP contribution is -2.19. The molecule has 0 aliphatic carbocycles. The van der Waals surface area contributed by atoms with Gasteiger partial charge in [-0.2, -0.15) is 0 Å².